The number of benzene rings is 1. The van der Waals surface area contributed by atoms with Crippen molar-refractivity contribution in [2.24, 2.45) is 0 Å². The van der Waals surface area contributed by atoms with E-state index in [0.717, 1.165) is 15.9 Å². The Balaban J connectivity index is 1.90. The lowest BCUT2D eigenvalue weighted by Crippen LogP contribution is -2.36. The average molecular weight is 283 g/mol. The summed E-state index contributed by atoms with van der Waals surface area (Å²) in [6, 6.07) is 6.86. The third-order valence-electron chi connectivity index (χ3n) is 2.58. The molecule has 0 bridgehead atoms. The molecule has 1 aromatic carbocycles. The van der Waals surface area contributed by atoms with E-state index in [1.807, 2.05) is 24.3 Å². The summed E-state index contributed by atoms with van der Waals surface area (Å²) in [5, 5.41) is 3.82. The largest absolute Gasteiger partial charge is 0.349 e. The average Bonchev–Trinajstić information content (AvgIpc) is 2.61. The van der Waals surface area contributed by atoms with Crippen LogP contribution in [0.4, 0.5) is 0 Å². The fraction of sp³-hybridized carbons (Fsp3) is 0.250. The second kappa shape index (κ2) is 5.16. The van der Waals surface area contributed by atoms with Crippen molar-refractivity contribution in [3.8, 4) is 0 Å². The summed E-state index contributed by atoms with van der Waals surface area (Å²) in [6.07, 6.45) is 1.74. The smallest absolute Gasteiger partial charge is 0.224 e. The molecule has 0 aliphatic carbocycles. The molecule has 1 unspecified atom stereocenters. The third-order valence-corrected chi connectivity index (χ3v) is 4.27. The Hall–Kier alpha value is -1.27. The highest BCUT2D eigenvalue weighted by Crippen LogP contribution is 2.10. The molecule has 6 heteroatoms. The van der Waals surface area contributed by atoms with E-state index in [2.05, 4.69) is 17.9 Å². The number of nitrogens with one attached hydrogen (secondary N) is 1. The molecule has 1 aliphatic heterocycles. The molecular weight excluding hydrogens is 270 g/mol. The molecule has 1 atom stereocenters. The Morgan fingerprint density at radius 3 is 2.56 bits per heavy atom. The monoisotopic (exact) mass is 283 g/mol. The van der Waals surface area contributed by atoms with Crippen molar-refractivity contribution in [1.29, 1.82) is 0 Å². The van der Waals surface area contributed by atoms with E-state index in [1.165, 1.54) is 6.08 Å². The summed E-state index contributed by atoms with van der Waals surface area (Å²) in [7, 11) is -3.12. The van der Waals surface area contributed by atoms with Crippen LogP contribution in [-0.2, 0) is 21.1 Å². The van der Waals surface area contributed by atoms with E-state index in [0.29, 0.717) is 0 Å². The van der Waals surface area contributed by atoms with Crippen LogP contribution in [0.1, 0.15) is 5.56 Å². The van der Waals surface area contributed by atoms with Gasteiger partial charge in [0.05, 0.1) is 18.2 Å². The van der Waals surface area contributed by atoms with Gasteiger partial charge in [-0.15, -0.1) is 12.6 Å². The Kier molecular flexibility index (Phi) is 3.77. The van der Waals surface area contributed by atoms with Crippen molar-refractivity contribution in [2.45, 2.75) is 17.4 Å². The highest BCUT2D eigenvalue weighted by Gasteiger charge is 2.22. The first-order chi connectivity index (χ1) is 8.44. The lowest BCUT2D eigenvalue weighted by Gasteiger charge is -2.09. The number of amides is 1. The van der Waals surface area contributed by atoms with Gasteiger partial charge in [-0.25, -0.2) is 8.42 Å². The molecule has 96 valence electrons. The van der Waals surface area contributed by atoms with Gasteiger partial charge in [-0.1, -0.05) is 12.1 Å². The topological polar surface area (TPSA) is 63.2 Å². The first-order valence-electron chi connectivity index (χ1n) is 5.43. The van der Waals surface area contributed by atoms with Crippen LogP contribution in [0.5, 0.6) is 0 Å². The zero-order valence-electron chi connectivity index (χ0n) is 9.54. The molecule has 0 aromatic heterocycles. The third kappa shape index (κ3) is 3.61. The number of carbonyl (C=O) groups excluding carboxylic acids is 1. The van der Waals surface area contributed by atoms with Gasteiger partial charge in [-0.05, 0) is 23.8 Å². The molecule has 1 amide bonds. The van der Waals surface area contributed by atoms with Crippen LogP contribution in [0.2, 0.25) is 0 Å². The Labute approximate surface area is 111 Å². The molecule has 1 heterocycles. The van der Waals surface area contributed by atoms with E-state index in [1.54, 1.807) is 0 Å². The first kappa shape index (κ1) is 13.2. The minimum absolute atomic E-state index is 0.0473. The summed E-state index contributed by atoms with van der Waals surface area (Å²) in [5.74, 6) is -0.234. The van der Waals surface area contributed by atoms with Crippen LogP contribution in [0.3, 0.4) is 0 Å². The van der Waals surface area contributed by atoms with Gasteiger partial charge in [0.25, 0.3) is 0 Å². The molecule has 0 radical (unpaired) electrons. The number of carbonyl (C=O) groups is 1. The number of thiol groups is 1. The molecule has 0 spiro atoms. The van der Waals surface area contributed by atoms with Crippen LogP contribution in [-0.4, -0.2) is 26.1 Å². The Morgan fingerprint density at radius 1 is 1.33 bits per heavy atom. The number of rotatable bonds is 3. The summed E-state index contributed by atoms with van der Waals surface area (Å²) in [4.78, 5) is 12.5. The van der Waals surface area contributed by atoms with Gasteiger partial charge in [-0.3, -0.25) is 4.79 Å². The van der Waals surface area contributed by atoms with E-state index < -0.39 is 15.9 Å². The van der Waals surface area contributed by atoms with E-state index in [9.17, 15) is 13.2 Å². The zero-order valence-corrected chi connectivity index (χ0v) is 11.2. The van der Waals surface area contributed by atoms with Crippen molar-refractivity contribution in [1.82, 2.24) is 5.32 Å². The van der Waals surface area contributed by atoms with E-state index >= 15 is 0 Å². The van der Waals surface area contributed by atoms with Crippen LogP contribution in [0.15, 0.2) is 40.6 Å². The Morgan fingerprint density at radius 2 is 2.00 bits per heavy atom. The van der Waals surface area contributed by atoms with Gasteiger partial charge >= 0.3 is 0 Å². The maximum atomic E-state index is 11.7. The van der Waals surface area contributed by atoms with Crippen molar-refractivity contribution < 1.29 is 13.2 Å². The molecule has 0 fully saturated rings. The molecular formula is C12H13NO3S2. The fourth-order valence-electron chi connectivity index (χ4n) is 1.72. The SMILES string of the molecule is O=C(Cc1ccc(S)cc1)NC1C=CS(=O)(=O)C1. The van der Waals surface area contributed by atoms with Gasteiger partial charge in [0.2, 0.25) is 5.91 Å². The van der Waals surface area contributed by atoms with Crippen LogP contribution in [0.25, 0.3) is 0 Å². The van der Waals surface area contributed by atoms with Crippen LogP contribution < -0.4 is 5.32 Å². The summed E-state index contributed by atoms with van der Waals surface area (Å²) < 4.78 is 22.3. The van der Waals surface area contributed by atoms with Gasteiger partial charge < -0.3 is 5.32 Å². The van der Waals surface area contributed by atoms with Gasteiger partial charge in [0, 0.05) is 10.3 Å². The number of sulfone groups is 1. The quantitative estimate of drug-likeness (QED) is 0.812. The molecule has 0 saturated heterocycles. The van der Waals surface area contributed by atoms with Crippen molar-refractivity contribution in [3.05, 3.63) is 41.3 Å². The van der Waals surface area contributed by atoms with Crippen LogP contribution in [0, 0.1) is 0 Å². The maximum absolute atomic E-state index is 11.7. The fourth-order valence-corrected chi connectivity index (χ4v) is 3.11. The van der Waals surface area contributed by atoms with Gasteiger partial charge in [-0.2, -0.15) is 0 Å². The standard InChI is InChI=1S/C12H13NO3S2/c14-12(7-9-1-3-11(17)4-2-9)13-10-5-6-18(15,16)8-10/h1-6,10,17H,7-8H2,(H,13,14). The minimum atomic E-state index is -3.12. The van der Waals surface area contributed by atoms with Crippen LogP contribution >= 0.6 is 12.6 Å². The molecule has 0 saturated carbocycles. The first-order valence-corrected chi connectivity index (χ1v) is 7.59. The van der Waals surface area contributed by atoms with Gasteiger partial charge in [0.1, 0.15) is 0 Å². The predicted octanol–water partition coefficient (Wildman–Crippen LogP) is 0.945. The van der Waals surface area contributed by atoms with Crippen molar-refractivity contribution in [2.75, 3.05) is 5.75 Å². The lowest BCUT2D eigenvalue weighted by atomic mass is 10.1. The highest BCUT2D eigenvalue weighted by atomic mass is 32.2. The molecule has 18 heavy (non-hydrogen) atoms. The Bertz CT molecular complexity index is 576. The predicted molar refractivity (Wildman–Crippen MR) is 72.3 cm³/mol. The normalized spacial score (nSPS) is 20.8. The maximum Gasteiger partial charge on any atom is 0.224 e. The molecule has 1 N–H and O–H groups in total. The minimum Gasteiger partial charge on any atom is -0.349 e. The number of hydrogen-bond donors (Lipinski definition) is 2. The molecule has 1 aromatic rings. The van der Waals surface area contributed by atoms with Crippen molar-refractivity contribution in [3.63, 3.8) is 0 Å². The zero-order chi connectivity index (χ0) is 13.2. The lowest BCUT2D eigenvalue weighted by molar-refractivity contribution is -0.120. The molecule has 2 rings (SSSR count). The summed E-state index contributed by atoms with van der Waals surface area (Å²) in [5.41, 5.74) is 0.870. The highest BCUT2D eigenvalue weighted by molar-refractivity contribution is 7.94. The second-order valence-electron chi connectivity index (χ2n) is 4.18. The number of hydrogen-bond acceptors (Lipinski definition) is 4. The summed E-state index contributed by atoms with van der Waals surface area (Å²) >= 11 is 4.16. The van der Waals surface area contributed by atoms with E-state index in [-0.39, 0.29) is 18.1 Å². The van der Waals surface area contributed by atoms with Crippen molar-refractivity contribution >= 4 is 28.4 Å². The van der Waals surface area contributed by atoms with Gasteiger partial charge in [0.15, 0.2) is 9.84 Å². The molecule has 1 aliphatic rings. The molecule has 4 nitrogen and oxygen atoms in total. The second-order valence-corrected chi connectivity index (χ2v) is 6.62. The summed E-state index contributed by atoms with van der Waals surface area (Å²) in [6.45, 7) is 0. The van der Waals surface area contributed by atoms with E-state index in [4.69, 9.17) is 0 Å².